The van der Waals surface area contributed by atoms with Crippen molar-refractivity contribution in [2.45, 2.75) is 24.7 Å². The first-order valence-electron chi connectivity index (χ1n) is 5.55. The van der Waals surface area contributed by atoms with Crippen molar-refractivity contribution in [1.29, 1.82) is 0 Å². The molecule has 2 heterocycles. The van der Waals surface area contributed by atoms with E-state index < -0.39 is 6.09 Å². The summed E-state index contributed by atoms with van der Waals surface area (Å²) in [6.07, 6.45) is -0.0401. The van der Waals surface area contributed by atoms with Crippen molar-refractivity contribution in [3.05, 3.63) is 33.4 Å². The number of nitrogens with zero attached hydrogens (tertiary/aromatic N) is 1. The van der Waals surface area contributed by atoms with Crippen LogP contribution in [0.5, 0.6) is 0 Å². The molecule has 0 radical (unpaired) electrons. The number of ether oxygens (including phenoxy) is 1. The van der Waals surface area contributed by atoms with Gasteiger partial charge in [-0.15, -0.1) is 0 Å². The predicted molar refractivity (Wildman–Crippen MR) is 69.9 cm³/mol. The van der Waals surface area contributed by atoms with Crippen LogP contribution < -0.4 is 0 Å². The Morgan fingerprint density at radius 2 is 2.12 bits per heavy atom. The third kappa shape index (κ3) is 1.91. The molecule has 1 N–H and O–H groups in total. The number of fused-ring (bicyclic) bond motifs is 2. The molecule has 17 heavy (non-hydrogen) atoms. The van der Waals surface area contributed by atoms with E-state index in [0.29, 0.717) is 6.54 Å². The normalized spacial score (nSPS) is 30.9. The number of hydrogen-bond acceptors (Lipinski definition) is 2. The molecule has 1 aromatic rings. The Balaban J connectivity index is 1.86. The molecule has 5 heteroatoms. The molecule has 2 aliphatic heterocycles. The summed E-state index contributed by atoms with van der Waals surface area (Å²) in [6.45, 7) is 0.515. The zero-order chi connectivity index (χ0) is 12.0. The van der Waals surface area contributed by atoms with E-state index in [2.05, 4.69) is 22.6 Å². The molecular formula is C12H12INO3. The average molecular weight is 345 g/mol. The maximum absolute atomic E-state index is 11.1. The summed E-state index contributed by atoms with van der Waals surface area (Å²) in [6, 6.07) is 8.07. The van der Waals surface area contributed by atoms with E-state index in [1.54, 1.807) is 0 Å². The van der Waals surface area contributed by atoms with Crippen molar-refractivity contribution in [2.24, 2.45) is 0 Å². The second kappa shape index (κ2) is 4.13. The van der Waals surface area contributed by atoms with Gasteiger partial charge in [0.15, 0.2) is 0 Å². The van der Waals surface area contributed by atoms with E-state index in [0.717, 1.165) is 12.0 Å². The lowest BCUT2D eigenvalue weighted by molar-refractivity contribution is -0.0287. The minimum Gasteiger partial charge on any atom is -0.465 e. The Hall–Kier alpha value is -0.820. The number of hydrogen-bond donors (Lipinski definition) is 1. The highest BCUT2D eigenvalue weighted by Crippen LogP contribution is 2.41. The lowest BCUT2D eigenvalue weighted by Crippen LogP contribution is -2.42. The Morgan fingerprint density at radius 3 is 2.71 bits per heavy atom. The fraction of sp³-hybridized carbons (Fsp3) is 0.417. The van der Waals surface area contributed by atoms with Crippen LogP contribution in [0, 0.1) is 3.57 Å². The third-order valence-corrected chi connectivity index (χ3v) is 4.16. The second-order valence-electron chi connectivity index (χ2n) is 4.47. The molecule has 0 aromatic heterocycles. The number of likely N-dealkylation sites (tertiary alicyclic amines) is 1. The third-order valence-electron chi connectivity index (χ3n) is 3.44. The monoisotopic (exact) mass is 345 g/mol. The largest absolute Gasteiger partial charge is 0.465 e. The fourth-order valence-electron chi connectivity index (χ4n) is 2.68. The van der Waals surface area contributed by atoms with Crippen LogP contribution in [-0.4, -0.2) is 34.8 Å². The van der Waals surface area contributed by atoms with Gasteiger partial charge in [0, 0.05) is 3.57 Å². The second-order valence-corrected chi connectivity index (χ2v) is 5.71. The molecule has 3 atom stereocenters. The van der Waals surface area contributed by atoms with E-state index in [1.807, 2.05) is 24.3 Å². The van der Waals surface area contributed by atoms with E-state index in [9.17, 15) is 4.79 Å². The van der Waals surface area contributed by atoms with Crippen LogP contribution in [0.4, 0.5) is 4.79 Å². The SMILES string of the molecule is O=C(O)N1C[C@@H]2C[C@H]1[C@@H](c1ccc(I)cc1)O2. The average Bonchev–Trinajstić information content (AvgIpc) is 2.89. The van der Waals surface area contributed by atoms with E-state index in [4.69, 9.17) is 9.84 Å². The van der Waals surface area contributed by atoms with Gasteiger partial charge in [0.2, 0.25) is 0 Å². The van der Waals surface area contributed by atoms with Crippen molar-refractivity contribution in [3.63, 3.8) is 0 Å². The van der Waals surface area contributed by atoms with Crippen molar-refractivity contribution < 1.29 is 14.6 Å². The number of benzene rings is 1. The lowest BCUT2D eigenvalue weighted by Gasteiger charge is -2.31. The molecule has 0 saturated carbocycles. The number of carboxylic acid groups (broad SMARTS) is 1. The van der Waals surface area contributed by atoms with Gasteiger partial charge in [0.05, 0.1) is 18.7 Å². The summed E-state index contributed by atoms with van der Waals surface area (Å²) in [5.74, 6) is 0. The van der Waals surface area contributed by atoms with Crippen LogP contribution in [0.1, 0.15) is 18.1 Å². The maximum atomic E-state index is 11.1. The number of halogens is 1. The standard InChI is InChI=1S/C12H12INO3/c13-8-3-1-7(2-4-8)11-10-5-9(17-11)6-14(10)12(15)16/h1-4,9-11H,5-6H2,(H,15,16)/t9-,10-,11+/m0/s1. The van der Waals surface area contributed by atoms with Crippen LogP contribution in [0.15, 0.2) is 24.3 Å². The highest BCUT2D eigenvalue weighted by atomic mass is 127. The highest BCUT2D eigenvalue weighted by molar-refractivity contribution is 14.1. The Bertz CT molecular complexity index is 448. The van der Waals surface area contributed by atoms with Gasteiger partial charge in [-0.05, 0) is 46.7 Å². The van der Waals surface area contributed by atoms with Crippen LogP contribution >= 0.6 is 22.6 Å². The Labute approximate surface area is 113 Å². The van der Waals surface area contributed by atoms with Crippen molar-refractivity contribution in [3.8, 4) is 0 Å². The predicted octanol–water partition coefficient (Wildman–Crippen LogP) is 2.48. The number of amides is 1. The smallest absolute Gasteiger partial charge is 0.407 e. The molecule has 0 unspecified atom stereocenters. The van der Waals surface area contributed by atoms with Crippen LogP contribution in [0.25, 0.3) is 0 Å². The number of rotatable bonds is 1. The van der Waals surface area contributed by atoms with Crippen molar-refractivity contribution in [1.82, 2.24) is 4.90 Å². The van der Waals surface area contributed by atoms with Gasteiger partial charge in [-0.2, -0.15) is 0 Å². The minimum absolute atomic E-state index is 0.0161. The summed E-state index contributed by atoms with van der Waals surface area (Å²) in [5.41, 5.74) is 1.07. The molecule has 0 spiro atoms. The van der Waals surface area contributed by atoms with Crippen LogP contribution in [0.3, 0.4) is 0 Å². The molecule has 4 nitrogen and oxygen atoms in total. The first-order valence-corrected chi connectivity index (χ1v) is 6.63. The number of morpholine rings is 1. The molecule has 1 amide bonds. The van der Waals surface area contributed by atoms with Gasteiger partial charge in [0.25, 0.3) is 0 Å². The fourth-order valence-corrected chi connectivity index (χ4v) is 3.04. The molecule has 2 bridgehead atoms. The molecular weight excluding hydrogens is 333 g/mol. The van der Waals surface area contributed by atoms with E-state index in [1.165, 1.54) is 8.47 Å². The first-order chi connectivity index (χ1) is 8.15. The van der Waals surface area contributed by atoms with Gasteiger partial charge < -0.3 is 9.84 Å². The van der Waals surface area contributed by atoms with Gasteiger partial charge in [-0.3, -0.25) is 4.90 Å². The topological polar surface area (TPSA) is 49.8 Å². The minimum atomic E-state index is -0.837. The Morgan fingerprint density at radius 1 is 1.41 bits per heavy atom. The summed E-state index contributed by atoms with van der Waals surface area (Å²) in [7, 11) is 0. The zero-order valence-electron chi connectivity index (χ0n) is 9.04. The molecule has 1 aromatic carbocycles. The van der Waals surface area contributed by atoms with Crippen molar-refractivity contribution in [2.75, 3.05) is 6.54 Å². The van der Waals surface area contributed by atoms with Crippen molar-refractivity contribution >= 4 is 28.7 Å². The molecule has 2 fully saturated rings. The van der Waals surface area contributed by atoms with E-state index >= 15 is 0 Å². The molecule has 2 saturated heterocycles. The van der Waals surface area contributed by atoms with Gasteiger partial charge in [0.1, 0.15) is 6.10 Å². The van der Waals surface area contributed by atoms with Gasteiger partial charge in [-0.25, -0.2) is 4.79 Å². The molecule has 3 rings (SSSR count). The summed E-state index contributed by atoms with van der Waals surface area (Å²) in [4.78, 5) is 12.6. The molecule has 0 aliphatic carbocycles. The lowest BCUT2D eigenvalue weighted by atomic mass is 10.0. The first kappa shape index (κ1) is 11.3. The maximum Gasteiger partial charge on any atom is 0.407 e. The van der Waals surface area contributed by atoms with Crippen LogP contribution in [0.2, 0.25) is 0 Å². The molecule has 2 aliphatic rings. The quantitative estimate of drug-likeness (QED) is 0.796. The van der Waals surface area contributed by atoms with Gasteiger partial charge >= 0.3 is 6.09 Å². The highest BCUT2D eigenvalue weighted by Gasteiger charge is 2.48. The summed E-state index contributed by atoms with van der Waals surface area (Å²) < 4.78 is 7.03. The Kier molecular flexibility index (Phi) is 2.74. The summed E-state index contributed by atoms with van der Waals surface area (Å²) >= 11 is 2.25. The zero-order valence-corrected chi connectivity index (χ0v) is 11.2. The number of carbonyl (C=O) groups is 1. The van der Waals surface area contributed by atoms with Gasteiger partial charge in [-0.1, -0.05) is 12.1 Å². The molecule has 90 valence electrons. The van der Waals surface area contributed by atoms with E-state index in [-0.39, 0.29) is 18.2 Å². The van der Waals surface area contributed by atoms with Crippen LogP contribution in [-0.2, 0) is 4.74 Å². The summed E-state index contributed by atoms with van der Waals surface area (Å²) in [5, 5.41) is 9.11.